The lowest BCUT2D eigenvalue weighted by molar-refractivity contribution is -0.329. The summed E-state index contributed by atoms with van der Waals surface area (Å²) < 4.78 is 49.1. The fourth-order valence-electron chi connectivity index (χ4n) is 9.12. The van der Waals surface area contributed by atoms with Crippen molar-refractivity contribution in [1.82, 2.24) is 15.5 Å². The van der Waals surface area contributed by atoms with Crippen molar-refractivity contribution in [2.45, 2.75) is 82.3 Å². The Morgan fingerprint density at radius 2 is 1.44 bits per heavy atom. The summed E-state index contributed by atoms with van der Waals surface area (Å²) in [6.45, 7) is 3.24. The molecule has 2 fully saturated rings. The zero-order chi connectivity index (χ0) is 47.9. The van der Waals surface area contributed by atoms with E-state index >= 15 is 0 Å². The van der Waals surface area contributed by atoms with Crippen molar-refractivity contribution in [1.29, 1.82) is 0 Å². The van der Waals surface area contributed by atoms with Crippen molar-refractivity contribution in [3.05, 3.63) is 149 Å². The van der Waals surface area contributed by atoms with Gasteiger partial charge in [-0.25, -0.2) is 9.59 Å². The maximum atomic E-state index is 14.2. The highest BCUT2D eigenvalue weighted by atomic mass is 16.7. The lowest BCUT2D eigenvalue weighted by Crippen LogP contribution is -2.70. The molecular weight excluding hydrogens is 875 g/mol. The number of hydrogen-bond acceptors (Lipinski definition) is 12. The van der Waals surface area contributed by atoms with E-state index in [9.17, 15) is 24.3 Å². The van der Waals surface area contributed by atoms with E-state index < -0.39 is 73.2 Å². The zero-order valence-electron chi connectivity index (χ0n) is 38.4. The Kier molecular flexibility index (Phi) is 14.9. The number of aryl methyl sites for hydroxylation is 1. The molecule has 3 N–H and O–H groups in total. The highest BCUT2D eigenvalue weighted by Gasteiger charge is 2.54. The number of nitrogens with zero attached hydrogens (tertiary/aromatic N) is 1. The Balaban J connectivity index is 1.08. The number of nitrogens with one attached hydrogen (secondary N) is 2. The maximum absolute atomic E-state index is 14.2. The summed E-state index contributed by atoms with van der Waals surface area (Å²) in [5, 5.41) is 15.5. The molecule has 2 aliphatic heterocycles. The van der Waals surface area contributed by atoms with Crippen molar-refractivity contribution in [3.63, 3.8) is 0 Å². The van der Waals surface area contributed by atoms with Gasteiger partial charge in [-0.1, -0.05) is 109 Å². The molecule has 2 heterocycles. The molecule has 0 saturated carbocycles. The number of rotatable bonds is 17. The number of benzene rings is 5. The molecule has 16 heteroatoms. The van der Waals surface area contributed by atoms with Crippen LogP contribution >= 0.6 is 0 Å². The Morgan fingerprint density at radius 1 is 0.809 bits per heavy atom. The van der Waals surface area contributed by atoms with Gasteiger partial charge >= 0.3 is 12.1 Å². The van der Waals surface area contributed by atoms with Gasteiger partial charge in [0.1, 0.15) is 54.3 Å². The number of fused-ring (bicyclic) bond motifs is 4. The summed E-state index contributed by atoms with van der Waals surface area (Å²) in [5.74, 6) is -1.84. The third-order valence-electron chi connectivity index (χ3n) is 12.5. The molecule has 5 aromatic rings. The van der Waals surface area contributed by atoms with Crippen LogP contribution < -0.4 is 24.8 Å². The number of carbonyl (C=O) groups is 4. The van der Waals surface area contributed by atoms with Crippen molar-refractivity contribution in [2.24, 2.45) is 0 Å². The number of hydrogen-bond donors (Lipinski definition) is 3. The van der Waals surface area contributed by atoms with Gasteiger partial charge in [0, 0.05) is 30.5 Å². The number of carboxylic acids is 1. The van der Waals surface area contributed by atoms with Crippen LogP contribution in [0.4, 0.5) is 4.79 Å². The van der Waals surface area contributed by atoms with Crippen LogP contribution in [0.3, 0.4) is 0 Å². The Labute approximate surface area is 394 Å². The highest BCUT2D eigenvalue weighted by molar-refractivity contribution is 5.87. The Bertz CT molecular complexity index is 2520. The van der Waals surface area contributed by atoms with Crippen LogP contribution in [0, 0.1) is 6.92 Å². The summed E-state index contributed by atoms with van der Waals surface area (Å²) >= 11 is 0. The molecule has 8 rings (SSSR count). The molecule has 3 aliphatic rings. The summed E-state index contributed by atoms with van der Waals surface area (Å²) in [7, 11) is 4.47. The largest absolute Gasteiger partial charge is 0.496 e. The van der Waals surface area contributed by atoms with E-state index in [1.165, 1.54) is 33.2 Å². The van der Waals surface area contributed by atoms with Gasteiger partial charge in [0.05, 0.1) is 53.1 Å². The fourth-order valence-corrected chi connectivity index (χ4v) is 9.12. The first-order valence-corrected chi connectivity index (χ1v) is 22.3. The average molecular weight is 930 g/mol. The minimum atomic E-state index is -1.71. The van der Waals surface area contributed by atoms with Crippen LogP contribution in [-0.4, -0.2) is 105 Å². The topological polar surface area (TPSA) is 190 Å². The molecule has 0 spiro atoms. The van der Waals surface area contributed by atoms with E-state index in [1.807, 2.05) is 110 Å². The maximum Gasteiger partial charge on any atom is 0.407 e. The Hall–Kier alpha value is -6.98. The average Bonchev–Trinajstić information content (AvgIpc) is 3.67. The standard InChI is InChI=1S/C52H55N3O13/c1-30-19-21-32(22-20-30)27-64-48-46(55(31(2)56)26-39-42(62-4)23-34(61-3)24-43(39)63-5)49(67-44-29-65-51(68-47(44)48)33-13-7-6-8-14-33)54-45(57)25-41(50(58)59)53-52(60)66-28-40-37-17-11-9-15-35(37)36-16-10-12-18-38(36)40/h6-24,40-41,44,46-49,51H,25-29H2,1-5H3,(H,53,60)(H,54,57)(H,58,59)/t41-,44+,46+,47+,48+,49+,51?/m0/s1. The molecule has 2 saturated heterocycles. The SMILES string of the molecule is COc1cc(OC)c(CN(C(C)=O)[C@@H]2[C@@H](OCc3ccc(C)cc3)[C@@H]3OC(c4ccccc4)OC[C@H]3O[C@H]2NC(=O)C[C@H](NC(=O)OCC2c3ccccc3-c3ccccc32)C(=O)O)c(OC)c1. The molecule has 16 nitrogen and oxygen atoms in total. The fraction of sp³-hybridized carbons (Fsp3) is 0.346. The van der Waals surface area contributed by atoms with Crippen molar-refractivity contribution >= 4 is 23.9 Å². The quantitative estimate of drug-likeness (QED) is 0.0899. The second-order valence-corrected chi connectivity index (χ2v) is 16.8. The predicted octanol–water partition coefficient (Wildman–Crippen LogP) is 6.66. The van der Waals surface area contributed by atoms with E-state index in [0.29, 0.717) is 22.8 Å². The first-order valence-electron chi connectivity index (χ1n) is 22.3. The third kappa shape index (κ3) is 10.4. The van der Waals surface area contributed by atoms with Gasteiger partial charge in [-0.2, -0.15) is 0 Å². The normalized spacial score (nSPS) is 21.0. The van der Waals surface area contributed by atoms with Gasteiger partial charge in [0.25, 0.3) is 0 Å². The number of methoxy groups -OCH3 is 3. The van der Waals surface area contributed by atoms with E-state index in [1.54, 1.807) is 12.1 Å². The number of alkyl carbamates (subject to hydrolysis) is 1. The van der Waals surface area contributed by atoms with Crippen LogP contribution in [0.5, 0.6) is 17.2 Å². The second kappa shape index (κ2) is 21.3. The molecule has 68 heavy (non-hydrogen) atoms. The van der Waals surface area contributed by atoms with Crippen LogP contribution in [-0.2, 0) is 51.2 Å². The van der Waals surface area contributed by atoms with Gasteiger partial charge in [-0.15, -0.1) is 0 Å². The summed E-state index contributed by atoms with van der Waals surface area (Å²) in [5.41, 5.74) is 7.13. The number of carboxylic acid groups (broad SMARTS) is 1. The van der Waals surface area contributed by atoms with E-state index in [-0.39, 0.29) is 32.3 Å². The van der Waals surface area contributed by atoms with Crippen molar-refractivity contribution in [2.75, 3.05) is 34.5 Å². The molecule has 356 valence electrons. The molecule has 1 aliphatic carbocycles. The Morgan fingerprint density at radius 3 is 2.04 bits per heavy atom. The lowest BCUT2D eigenvalue weighted by atomic mass is 9.92. The van der Waals surface area contributed by atoms with E-state index in [4.69, 9.17) is 37.9 Å². The summed E-state index contributed by atoms with van der Waals surface area (Å²) in [6, 6.07) is 33.3. The molecule has 7 atom stereocenters. The number of ether oxygens (including phenoxy) is 8. The predicted molar refractivity (Wildman–Crippen MR) is 247 cm³/mol. The van der Waals surface area contributed by atoms with E-state index in [2.05, 4.69) is 10.6 Å². The highest BCUT2D eigenvalue weighted by Crippen LogP contribution is 2.45. The summed E-state index contributed by atoms with van der Waals surface area (Å²) in [4.78, 5) is 55.9. The molecule has 5 aromatic carbocycles. The van der Waals surface area contributed by atoms with Gasteiger partial charge in [0.2, 0.25) is 11.8 Å². The number of aliphatic carboxylic acids is 1. The van der Waals surface area contributed by atoms with Crippen LogP contribution in [0.1, 0.15) is 58.9 Å². The van der Waals surface area contributed by atoms with Gasteiger partial charge in [-0.05, 0) is 34.7 Å². The van der Waals surface area contributed by atoms with Crippen molar-refractivity contribution < 1.29 is 62.2 Å². The smallest absolute Gasteiger partial charge is 0.407 e. The van der Waals surface area contributed by atoms with Crippen LogP contribution in [0.25, 0.3) is 11.1 Å². The molecule has 1 unspecified atom stereocenters. The molecule has 3 amide bonds. The van der Waals surface area contributed by atoms with Crippen LogP contribution in [0.2, 0.25) is 0 Å². The molecule has 0 bridgehead atoms. The number of amides is 3. The minimum absolute atomic E-state index is 0.00893. The zero-order valence-corrected chi connectivity index (χ0v) is 38.4. The lowest BCUT2D eigenvalue weighted by Gasteiger charge is -2.52. The molecular formula is C52H55N3O13. The first kappa shape index (κ1) is 47.5. The van der Waals surface area contributed by atoms with Gasteiger partial charge < -0.3 is 58.5 Å². The first-order chi connectivity index (χ1) is 33.0. The molecule has 0 aromatic heterocycles. The second-order valence-electron chi connectivity index (χ2n) is 16.8. The van der Waals surface area contributed by atoms with Crippen molar-refractivity contribution in [3.8, 4) is 28.4 Å². The minimum Gasteiger partial charge on any atom is -0.496 e. The third-order valence-corrected chi connectivity index (χ3v) is 12.5. The van der Waals surface area contributed by atoms with Crippen LogP contribution in [0.15, 0.2) is 115 Å². The monoisotopic (exact) mass is 929 g/mol. The summed E-state index contributed by atoms with van der Waals surface area (Å²) in [6.07, 6.45) is -6.60. The number of carbonyl (C=O) groups excluding carboxylic acids is 3. The van der Waals surface area contributed by atoms with Gasteiger partial charge in [0.15, 0.2) is 12.5 Å². The van der Waals surface area contributed by atoms with Gasteiger partial charge in [-0.3, -0.25) is 9.59 Å². The molecule has 0 radical (unpaired) electrons. The van der Waals surface area contributed by atoms with E-state index in [0.717, 1.165) is 38.9 Å².